The van der Waals surface area contributed by atoms with Gasteiger partial charge in [-0.25, -0.2) is 13.4 Å². The minimum atomic E-state index is -3.28. The molecule has 0 fully saturated rings. The molecule has 0 saturated carbocycles. The Bertz CT molecular complexity index is 1090. The van der Waals surface area contributed by atoms with E-state index in [4.69, 9.17) is 0 Å². The molecule has 0 aliphatic carbocycles. The lowest BCUT2D eigenvalue weighted by molar-refractivity contribution is -0.122. The maximum atomic E-state index is 12.8. The van der Waals surface area contributed by atoms with Crippen molar-refractivity contribution in [1.82, 2.24) is 14.9 Å². The molecule has 1 aromatic heterocycles. The molecular formula is C20H22BrN3O3S. The number of halogens is 1. The number of amides is 1. The van der Waals surface area contributed by atoms with Gasteiger partial charge in [0.15, 0.2) is 9.84 Å². The molecule has 6 nitrogen and oxygen atoms in total. The normalized spacial score (nSPS) is 12.8. The third kappa shape index (κ3) is 4.99. The molecule has 0 saturated heterocycles. The molecule has 0 radical (unpaired) electrons. The lowest BCUT2D eigenvalue weighted by Crippen LogP contribution is -2.32. The number of carbonyl (C=O) groups excluding carboxylic acids is 1. The number of hydrogen-bond donors (Lipinski definition) is 1. The van der Waals surface area contributed by atoms with Crippen LogP contribution in [0.3, 0.4) is 0 Å². The van der Waals surface area contributed by atoms with Crippen LogP contribution in [0.25, 0.3) is 11.0 Å². The van der Waals surface area contributed by atoms with Gasteiger partial charge >= 0.3 is 0 Å². The maximum Gasteiger partial charge on any atom is 0.240 e. The Kier molecular flexibility index (Phi) is 6.20. The Hall–Kier alpha value is -2.19. The number of benzene rings is 2. The Labute approximate surface area is 173 Å². The molecule has 0 aliphatic rings. The molecular weight excluding hydrogens is 442 g/mol. The highest BCUT2D eigenvalue weighted by molar-refractivity contribution is 9.10. The van der Waals surface area contributed by atoms with Crippen molar-refractivity contribution >= 4 is 42.7 Å². The van der Waals surface area contributed by atoms with Crippen LogP contribution in [0.4, 0.5) is 0 Å². The summed E-state index contributed by atoms with van der Waals surface area (Å²) in [4.78, 5) is 17.2. The maximum absolute atomic E-state index is 12.8. The van der Waals surface area contributed by atoms with Crippen LogP contribution in [0, 0.1) is 0 Å². The van der Waals surface area contributed by atoms with E-state index in [1.54, 1.807) is 4.57 Å². The predicted molar refractivity (Wildman–Crippen MR) is 114 cm³/mol. The van der Waals surface area contributed by atoms with Crippen LogP contribution in [0.15, 0.2) is 53.0 Å². The number of sulfone groups is 1. The monoisotopic (exact) mass is 463 g/mol. The first-order valence-electron chi connectivity index (χ1n) is 8.93. The molecule has 148 valence electrons. The molecule has 0 bridgehead atoms. The standard InChI is InChI=1S/C20H22BrN3O3S/c1-3-16(14-8-10-15(21)11-9-14)23-20(25)12-24-18-7-5-4-6-17(18)22-19(24)13-28(2,26)27/h4-11,16H,3,12-13H2,1-2H3,(H,23,25). The molecule has 1 atom stereocenters. The second-order valence-corrected chi connectivity index (χ2v) is 9.81. The van der Waals surface area contributed by atoms with Gasteiger partial charge in [0.1, 0.15) is 18.1 Å². The van der Waals surface area contributed by atoms with Gasteiger partial charge in [0.25, 0.3) is 0 Å². The largest absolute Gasteiger partial charge is 0.348 e. The number of rotatable bonds is 7. The van der Waals surface area contributed by atoms with Crippen molar-refractivity contribution in [2.75, 3.05) is 6.26 Å². The Morgan fingerprint density at radius 2 is 1.86 bits per heavy atom. The summed E-state index contributed by atoms with van der Waals surface area (Å²) in [5.41, 5.74) is 2.44. The zero-order valence-corrected chi connectivity index (χ0v) is 18.1. The molecule has 3 rings (SSSR count). The number of fused-ring (bicyclic) bond motifs is 1. The third-order valence-corrected chi connectivity index (χ3v) is 5.75. The van der Waals surface area contributed by atoms with Gasteiger partial charge in [0.2, 0.25) is 5.91 Å². The molecule has 3 aromatic rings. The molecule has 1 unspecified atom stereocenters. The van der Waals surface area contributed by atoms with Gasteiger partial charge < -0.3 is 9.88 Å². The first kappa shape index (κ1) is 20.5. The van der Waals surface area contributed by atoms with E-state index in [2.05, 4.69) is 26.2 Å². The minimum absolute atomic E-state index is 0.0123. The predicted octanol–water partition coefficient (Wildman–Crippen LogP) is 3.61. The fourth-order valence-electron chi connectivity index (χ4n) is 3.15. The second kappa shape index (κ2) is 8.45. The highest BCUT2D eigenvalue weighted by atomic mass is 79.9. The van der Waals surface area contributed by atoms with Crippen molar-refractivity contribution in [2.45, 2.75) is 31.7 Å². The van der Waals surface area contributed by atoms with E-state index in [1.165, 1.54) is 0 Å². The van der Waals surface area contributed by atoms with Crippen LogP contribution in [0.5, 0.6) is 0 Å². The molecule has 2 aromatic carbocycles. The van der Waals surface area contributed by atoms with Crippen molar-refractivity contribution in [3.05, 3.63) is 64.4 Å². The number of carbonyl (C=O) groups is 1. The van der Waals surface area contributed by atoms with Crippen LogP contribution in [-0.4, -0.2) is 30.1 Å². The van der Waals surface area contributed by atoms with Gasteiger partial charge in [-0.1, -0.05) is 47.1 Å². The van der Waals surface area contributed by atoms with Gasteiger partial charge in [0, 0.05) is 10.7 Å². The summed E-state index contributed by atoms with van der Waals surface area (Å²) >= 11 is 3.42. The quantitative estimate of drug-likeness (QED) is 0.579. The molecule has 1 N–H and O–H groups in total. The zero-order valence-electron chi connectivity index (χ0n) is 15.7. The average Bonchev–Trinajstić information content (AvgIpc) is 2.96. The van der Waals surface area contributed by atoms with Gasteiger partial charge in [-0.3, -0.25) is 4.79 Å². The van der Waals surface area contributed by atoms with Gasteiger partial charge in [0.05, 0.1) is 17.1 Å². The van der Waals surface area contributed by atoms with Crippen LogP contribution in [-0.2, 0) is 26.9 Å². The lowest BCUT2D eigenvalue weighted by atomic mass is 10.0. The summed E-state index contributed by atoms with van der Waals surface area (Å²) in [5.74, 6) is -0.0259. The smallest absolute Gasteiger partial charge is 0.240 e. The Balaban J connectivity index is 1.85. The van der Waals surface area contributed by atoms with Crippen molar-refractivity contribution in [2.24, 2.45) is 0 Å². The molecule has 1 heterocycles. The van der Waals surface area contributed by atoms with Crippen LogP contribution in [0.1, 0.15) is 30.8 Å². The van der Waals surface area contributed by atoms with E-state index in [0.29, 0.717) is 11.3 Å². The van der Waals surface area contributed by atoms with E-state index in [-0.39, 0.29) is 24.2 Å². The molecule has 0 aliphatic heterocycles. The summed E-state index contributed by atoms with van der Waals surface area (Å²) in [6.07, 6.45) is 1.91. The number of para-hydroxylation sites is 2. The fraction of sp³-hybridized carbons (Fsp3) is 0.300. The summed E-state index contributed by atoms with van der Waals surface area (Å²) < 4.78 is 26.2. The van der Waals surface area contributed by atoms with Crippen molar-refractivity contribution in [3.8, 4) is 0 Å². The fourth-order valence-corrected chi connectivity index (χ4v) is 4.10. The number of nitrogens with one attached hydrogen (secondary N) is 1. The molecule has 28 heavy (non-hydrogen) atoms. The summed E-state index contributed by atoms with van der Waals surface area (Å²) in [5, 5.41) is 3.04. The van der Waals surface area contributed by atoms with E-state index in [1.807, 2.05) is 55.5 Å². The highest BCUT2D eigenvalue weighted by Gasteiger charge is 2.19. The SMILES string of the molecule is CCC(NC(=O)Cn1c(CS(C)(=O)=O)nc2ccccc21)c1ccc(Br)cc1. The zero-order chi connectivity index (χ0) is 20.3. The topological polar surface area (TPSA) is 81.1 Å². The van der Waals surface area contributed by atoms with Gasteiger partial charge in [-0.2, -0.15) is 0 Å². The van der Waals surface area contributed by atoms with E-state index in [9.17, 15) is 13.2 Å². The van der Waals surface area contributed by atoms with Crippen LogP contribution >= 0.6 is 15.9 Å². The summed E-state index contributed by atoms with van der Waals surface area (Å²) in [6.45, 7) is 2.02. The van der Waals surface area contributed by atoms with Crippen LogP contribution < -0.4 is 5.32 Å². The lowest BCUT2D eigenvalue weighted by Gasteiger charge is -2.18. The molecule has 1 amide bonds. The Morgan fingerprint density at radius 3 is 2.50 bits per heavy atom. The average molecular weight is 464 g/mol. The highest BCUT2D eigenvalue weighted by Crippen LogP contribution is 2.21. The number of nitrogens with zero attached hydrogens (tertiary/aromatic N) is 2. The van der Waals surface area contributed by atoms with E-state index < -0.39 is 9.84 Å². The summed E-state index contributed by atoms with van der Waals surface area (Å²) in [6, 6.07) is 15.0. The Morgan fingerprint density at radius 1 is 1.18 bits per heavy atom. The number of aromatic nitrogens is 2. The molecule has 8 heteroatoms. The molecule has 0 spiro atoms. The number of imidazole rings is 1. The van der Waals surface area contributed by atoms with Gasteiger partial charge in [-0.15, -0.1) is 0 Å². The number of hydrogen-bond acceptors (Lipinski definition) is 4. The first-order valence-corrected chi connectivity index (χ1v) is 11.8. The second-order valence-electron chi connectivity index (χ2n) is 6.75. The van der Waals surface area contributed by atoms with E-state index in [0.717, 1.165) is 28.2 Å². The third-order valence-electron chi connectivity index (χ3n) is 4.44. The minimum Gasteiger partial charge on any atom is -0.348 e. The van der Waals surface area contributed by atoms with Gasteiger partial charge in [-0.05, 0) is 36.2 Å². The first-order chi connectivity index (χ1) is 13.3. The van der Waals surface area contributed by atoms with Crippen molar-refractivity contribution in [1.29, 1.82) is 0 Å². The van der Waals surface area contributed by atoms with E-state index >= 15 is 0 Å². The van der Waals surface area contributed by atoms with Crippen molar-refractivity contribution < 1.29 is 13.2 Å². The summed E-state index contributed by atoms with van der Waals surface area (Å²) in [7, 11) is -3.28. The van der Waals surface area contributed by atoms with Crippen LogP contribution in [0.2, 0.25) is 0 Å². The van der Waals surface area contributed by atoms with Crippen molar-refractivity contribution in [3.63, 3.8) is 0 Å².